The van der Waals surface area contributed by atoms with Crippen LogP contribution < -0.4 is 10.1 Å². The standard InChI is InChI=1S/C27H26F4N4O3/c28-19-14-33-23-22(18-13-26(8-5-20(18)34-23)9-10-32-25(26)37)21(19)15-6-11-35(12-7-15)24(36)16-1-3-17(4-2-16)38-27(29,30)31/h1-4,14-15H,5-13H2,(H,32,37)(H,33,34). The van der Waals surface area contributed by atoms with Crippen molar-refractivity contribution in [2.24, 2.45) is 5.41 Å². The van der Waals surface area contributed by atoms with Crippen LogP contribution in [0.4, 0.5) is 17.6 Å². The number of fused-ring (bicyclic) bond motifs is 3. The molecule has 4 heterocycles. The lowest BCUT2D eigenvalue weighted by Gasteiger charge is -2.33. The third kappa shape index (κ3) is 4.27. The Morgan fingerprint density at radius 3 is 2.53 bits per heavy atom. The minimum absolute atomic E-state index is 0.0632. The van der Waals surface area contributed by atoms with Gasteiger partial charge in [-0.3, -0.25) is 9.59 Å². The Bertz CT molecular complexity index is 1410. The number of carbonyl (C=O) groups is 2. The summed E-state index contributed by atoms with van der Waals surface area (Å²) < 4.78 is 56.5. The van der Waals surface area contributed by atoms with Crippen molar-refractivity contribution in [3.63, 3.8) is 0 Å². The fraction of sp³-hybridized carbons (Fsp3) is 0.444. The number of aromatic nitrogens is 2. The fourth-order valence-electron chi connectivity index (χ4n) is 6.35. The van der Waals surface area contributed by atoms with Gasteiger partial charge in [0.2, 0.25) is 5.91 Å². The first-order valence-electron chi connectivity index (χ1n) is 12.7. The first-order valence-corrected chi connectivity index (χ1v) is 12.7. The zero-order chi connectivity index (χ0) is 26.7. The summed E-state index contributed by atoms with van der Waals surface area (Å²) in [6, 6.07) is 4.84. The molecule has 1 atom stereocenters. The number of likely N-dealkylation sites (tertiary alicyclic amines) is 1. The van der Waals surface area contributed by atoms with Crippen LogP contribution >= 0.6 is 0 Å². The number of carbonyl (C=O) groups excluding carboxylic acids is 2. The van der Waals surface area contributed by atoms with Crippen molar-refractivity contribution < 1.29 is 31.9 Å². The van der Waals surface area contributed by atoms with Crippen LogP contribution in [0.5, 0.6) is 5.75 Å². The highest BCUT2D eigenvalue weighted by molar-refractivity contribution is 5.94. The van der Waals surface area contributed by atoms with Gasteiger partial charge in [0.05, 0.1) is 11.6 Å². The van der Waals surface area contributed by atoms with Gasteiger partial charge in [0, 0.05) is 41.8 Å². The summed E-state index contributed by atoms with van der Waals surface area (Å²) in [5, 5.41) is 3.72. The average molecular weight is 531 g/mol. The smallest absolute Gasteiger partial charge is 0.406 e. The number of hydrogen-bond acceptors (Lipinski definition) is 4. The van der Waals surface area contributed by atoms with E-state index in [-0.39, 0.29) is 29.1 Å². The van der Waals surface area contributed by atoms with Crippen molar-refractivity contribution in [3.05, 3.63) is 58.7 Å². The Hall–Kier alpha value is -3.63. The zero-order valence-electron chi connectivity index (χ0n) is 20.5. The molecule has 38 heavy (non-hydrogen) atoms. The number of benzene rings is 1. The second-order valence-corrected chi connectivity index (χ2v) is 10.4. The molecule has 3 aliphatic rings. The molecular formula is C27H26F4N4O3. The molecule has 0 bridgehead atoms. The molecule has 11 heteroatoms. The summed E-state index contributed by atoms with van der Waals surface area (Å²) in [4.78, 5) is 34.9. The maximum Gasteiger partial charge on any atom is 0.573 e. The second kappa shape index (κ2) is 8.99. The molecule has 1 unspecified atom stereocenters. The Morgan fingerprint density at radius 1 is 1.13 bits per heavy atom. The number of rotatable bonds is 3. The third-order valence-corrected chi connectivity index (χ3v) is 8.27. The SMILES string of the molecule is O=C(c1ccc(OC(F)(F)F)cc1)N1CCC(c2c(F)cnc3[nH]c4c(c23)CC2(CCNC2=O)CC4)CC1. The van der Waals surface area contributed by atoms with E-state index in [1.165, 1.54) is 18.3 Å². The molecule has 1 spiro atoms. The van der Waals surface area contributed by atoms with Gasteiger partial charge in [-0.25, -0.2) is 9.37 Å². The number of amides is 2. The van der Waals surface area contributed by atoms with E-state index in [1.54, 1.807) is 4.90 Å². The highest BCUT2D eigenvalue weighted by atomic mass is 19.4. The summed E-state index contributed by atoms with van der Waals surface area (Å²) >= 11 is 0. The van der Waals surface area contributed by atoms with Crippen LogP contribution in [-0.2, 0) is 17.6 Å². The highest BCUT2D eigenvalue weighted by Gasteiger charge is 2.46. The molecule has 1 aromatic carbocycles. The summed E-state index contributed by atoms with van der Waals surface area (Å²) in [5.74, 6) is -1.15. The molecule has 2 aliphatic heterocycles. The normalized spacial score (nSPS) is 22.1. The maximum atomic E-state index is 15.3. The van der Waals surface area contributed by atoms with Gasteiger partial charge >= 0.3 is 6.36 Å². The number of aryl methyl sites for hydroxylation is 1. The Balaban J connectivity index is 1.22. The average Bonchev–Trinajstić information content (AvgIpc) is 3.43. The van der Waals surface area contributed by atoms with Gasteiger partial charge in [-0.05, 0) is 74.3 Å². The molecule has 0 saturated carbocycles. The van der Waals surface area contributed by atoms with Gasteiger partial charge < -0.3 is 19.9 Å². The molecular weight excluding hydrogens is 504 g/mol. The van der Waals surface area contributed by atoms with Crippen molar-refractivity contribution >= 4 is 22.8 Å². The van der Waals surface area contributed by atoms with E-state index in [9.17, 15) is 22.8 Å². The number of hydrogen-bond donors (Lipinski definition) is 2. The third-order valence-electron chi connectivity index (χ3n) is 8.27. The quantitative estimate of drug-likeness (QED) is 0.484. The first kappa shape index (κ1) is 24.7. The van der Waals surface area contributed by atoms with Crippen LogP contribution in [0.3, 0.4) is 0 Å². The van der Waals surface area contributed by atoms with E-state index < -0.39 is 17.5 Å². The number of halogens is 4. The number of H-pyrrole nitrogens is 1. The van der Waals surface area contributed by atoms with Crippen LogP contribution in [0.1, 0.15) is 58.8 Å². The predicted octanol–water partition coefficient (Wildman–Crippen LogP) is 4.62. The van der Waals surface area contributed by atoms with E-state index in [1.807, 2.05) is 0 Å². The first-order chi connectivity index (χ1) is 18.1. The minimum Gasteiger partial charge on any atom is -0.406 e. The molecule has 2 amide bonds. The number of ether oxygens (including phenoxy) is 1. The van der Waals surface area contributed by atoms with Gasteiger partial charge in [0.1, 0.15) is 17.2 Å². The van der Waals surface area contributed by atoms with Crippen molar-refractivity contribution in [2.45, 2.75) is 50.8 Å². The van der Waals surface area contributed by atoms with Gasteiger partial charge in [-0.15, -0.1) is 13.2 Å². The van der Waals surface area contributed by atoms with Gasteiger partial charge in [-0.2, -0.15) is 0 Å². The van der Waals surface area contributed by atoms with Gasteiger partial charge in [0.15, 0.2) is 0 Å². The molecule has 2 N–H and O–H groups in total. The van der Waals surface area contributed by atoms with Crippen molar-refractivity contribution in [2.75, 3.05) is 19.6 Å². The minimum atomic E-state index is -4.80. The number of nitrogens with one attached hydrogen (secondary N) is 2. The number of pyridine rings is 1. The monoisotopic (exact) mass is 530 g/mol. The largest absolute Gasteiger partial charge is 0.573 e. The van der Waals surface area contributed by atoms with E-state index in [0.717, 1.165) is 41.6 Å². The molecule has 7 nitrogen and oxygen atoms in total. The zero-order valence-corrected chi connectivity index (χ0v) is 20.5. The molecule has 200 valence electrons. The van der Waals surface area contributed by atoms with Gasteiger partial charge in [-0.1, -0.05) is 0 Å². The summed E-state index contributed by atoms with van der Waals surface area (Å²) in [6.07, 6.45) is 0.270. The maximum absolute atomic E-state index is 15.3. The predicted molar refractivity (Wildman–Crippen MR) is 129 cm³/mol. The molecule has 2 fully saturated rings. The van der Waals surface area contributed by atoms with Crippen molar-refractivity contribution in [3.8, 4) is 5.75 Å². The Labute approximate surface area is 215 Å². The Kier molecular flexibility index (Phi) is 5.84. The van der Waals surface area contributed by atoms with Gasteiger partial charge in [0.25, 0.3) is 5.91 Å². The van der Waals surface area contributed by atoms with Crippen molar-refractivity contribution in [1.29, 1.82) is 0 Å². The van der Waals surface area contributed by atoms with E-state index in [2.05, 4.69) is 20.0 Å². The van der Waals surface area contributed by atoms with Crippen LogP contribution in [-0.4, -0.2) is 52.7 Å². The molecule has 1 aliphatic carbocycles. The molecule has 0 radical (unpaired) electrons. The summed E-state index contributed by atoms with van der Waals surface area (Å²) in [6.45, 7) is 1.42. The highest BCUT2D eigenvalue weighted by Crippen LogP contribution is 2.45. The number of alkyl halides is 3. The molecule has 2 aromatic heterocycles. The van der Waals surface area contributed by atoms with Crippen LogP contribution in [0, 0.1) is 11.2 Å². The molecule has 3 aromatic rings. The number of nitrogens with zero attached hydrogens (tertiary/aromatic N) is 2. The lowest BCUT2D eigenvalue weighted by molar-refractivity contribution is -0.274. The lowest BCUT2D eigenvalue weighted by Crippen LogP contribution is -2.38. The Morgan fingerprint density at radius 2 is 1.87 bits per heavy atom. The van der Waals surface area contributed by atoms with Crippen LogP contribution in [0.2, 0.25) is 0 Å². The van der Waals surface area contributed by atoms with E-state index in [0.29, 0.717) is 56.5 Å². The second-order valence-electron chi connectivity index (χ2n) is 10.4. The van der Waals surface area contributed by atoms with E-state index in [4.69, 9.17) is 0 Å². The number of piperidine rings is 1. The fourth-order valence-corrected chi connectivity index (χ4v) is 6.35. The topological polar surface area (TPSA) is 87.3 Å². The lowest BCUT2D eigenvalue weighted by atomic mass is 9.71. The van der Waals surface area contributed by atoms with E-state index >= 15 is 4.39 Å². The summed E-state index contributed by atoms with van der Waals surface area (Å²) in [5.41, 5.74) is 3.00. The van der Waals surface area contributed by atoms with Crippen molar-refractivity contribution in [1.82, 2.24) is 20.2 Å². The summed E-state index contributed by atoms with van der Waals surface area (Å²) in [7, 11) is 0. The molecule has 6 rings (SSSR count). The van der Waals surface area contributed by atoms with Crippen LogP contribution in [0.15, 0.2) is 30.5 Å². The number of aromatic amines is 1. The molecule has 2 saturated heterocycles. The van der Waals surface area contributed by atoms with Crippen LogP contribution in [0.25, 0.3) is 11.0 Å².